The van der Waals surface area contributed by atoms with Crippen molar-refractivity contribution in [2.45, 2.75) is 12.8 Å². The predicted molar refractivity (Wildman–Crippen MR) is 72.3 cm³/mol. The molecule has 4 heteroatoms. The van der Waals surface area contributed by atoms with Crippen LogP contribution in [0.4, 0.5) is 11.4 Å². The zero-order chi connectivity index (χ0) is 11.8. The quantitative estimate of drug-likeness (QED) is 0.772. The van der Waals surface area contributed by atoms with Gasteiger partial charge in [-0.1, -0.05) is 12.1 Å². The Balaban J connectivity index is 1.90. The topological polar surface area (TPSA) is 46.3 Å². The summed E-state index contributed by atoms with van der Waals surface area (Å²) in [4.78, 5) is 14.3. The monoisotopic (exact) mass is 248 g/mol. The van der Waals surface area contributed by atoms with Crippen LogP contribution in [0.5, 0.6) is 0 Å². The van der Waals surface area contributed by atoms with E-state index in [2.05, 4.69) is 6.07 Å². The van der Waals surface area contributed by atoms with Gasteiger partial charge < -0.3 is 10.6 Å². The molecule has 3 rings (SSSR count). The minimum absolute atomic E-state index is 0.200. The number of amides is 1. The van der Waals surface area contributed by atoms with E-state index in [4.69, 9.17) is 5.73 Å². The number of fused-ring (bicyclic) bond motifs is 1. The third kappa shape index (κ3) is 1.80. The zero-order valence-electron chi connectivity index (χ0n) is 9.69. The molecule has 0 radical (unpaired) electrons. The van der Waals surface area contributed by atoms with Crippen LogP contribution in [-0.4, -0.2) is 24.0 Å². The molecule has 1 fully saturated rings. The molecule has 17 heavy (non-hydrogen) atoms. The number of anilines is 2. The number of nitrogen functional groups attached to an aromatic ring is 1. The number of nitrogens with zero attached hydrogens (tertiary/aromatic N) is 1. The zero-order valence-corrected chi connectivity index (χ0v) is 10.5. The molecule has 2 aliphatic rings. The summed E-state index contributed by atoms with van der Waals surface area (Å²) in [5.74, 6) is 2.55. The molecular weight excluding hydrogens is 232 g/mol. The molecule has 0 spiro atoms. The van der Waals surface area contributed by atoms with Gasteiger partial charge in [0.25, 0.3) is 0 Å². The third-order valence-corrected chi connectivity index (χ3v) is 4.73. The number of para-hydroxylation sites is 1. The second-order valence-corrected chi connectivity index (χ2v) is 5.81. The van der Waals surface area contributed by atoms with Crippen LogP contribution in [0.2, 0.25) is 0 Å². The van der Waals surface area contributed by atoms with Gasteiger partial charge in [-0.2, -0.15) is 11.8 Å². The maximum atomic E-state index is 12.4. The van der Waals surface area contributed by atoms with Gasteiger partial charge in [0, 0.05) is 18.2 Å². The highest BCUT2D eigenvalue weighted by Gasteiger charge is 2.32. The molecule has 0 saturated carbocycles. The number of hydrogen-bond donors (Lipinski definition) is 1. The van der Waals surface area contributed by atoms with Crippen LogP contribution in [0.25, 0.3) is 0 Å². The minimum atomic E-state index is 0.200. The number of hydrogen-bond acceptors (Lipinski definition) is 3. The van der Waals surface area contributed by atoms with Crippen molar-refractivity contribution in [2.24, 2.45) is 5.92 Å². The number of nitrogens with two attached hydrogens (primary N) is 1. The van der Waals surface area contributed by atoms with E-state index in [1.807, 2.05) is 28.8 Å². The summed E-state index contributed by atoms with van der Waals surface area (Å²) in [5.41, 5.74) is 8.91. The van der Waals surface area contributed by atoms with E-state index >= 15 is 0 Å². The lowest BCUT2D eigenvalue weighted by molar-refractivity contribution is -0.121. The third-order valence-electron chi connectivity index (χ3n) is 3.57. The van der Waals surface area contributed by atoms with Gasteiger partial charge in [-0.25, -0.2) is 0 Å². The average Bonchev–Trinajstić information content (AvgIpc) is 2.98. The van der Waals surface area contributed by atoms with Crippen molar-refractivity contribution in [1.29, 1.82) is 0 Å². The van der Waals surface area contributed by atoms with E-state index in [0.717, 1.165) is 42.3 Å². The lowest BCUT2D eigenvalue weighted by atomic mass is 10.1. The summed E-state index contributed by atoms with van der Waals surface area (Å²) in [6.07, 6.45) is 1.95. The van der Waals surface area contributed by atoms with Gasteiger partial charge in [0.2, 0.25) is 5.91 Å². The number of carbonyl (C=O) groups is 1. The Kier molecular flexibility index (Phi) is 2.74. The molecule has 1 unspecified atom stereocenters. The van der Waals surface area contributed by atoms with Crippen LogP contribution >= 0.6 is 11.8 Å². The van der Waals surface area contributed by atoms with Gasteiger partial charge in [-0.3, -0.25) is 4.79 Å². The van der Waals surface area contributed by atoms with E-state index in [1.54, 1.807) is 0 Å². The smallest absolute Gasteiger partial charge is 0.231 e. The van der Waals surface area contributed by atoms with Crippen molar-refractivity contribution >= 4 is 29.0 Å². The highest BCUT2D eigenvalue weighted by Crippen LogP contribution is 2.36. The molecule has 1 saturated heterocycles. The highest BCUT2D eigenvalue weighted by atomic mass is 32.2. The van der Waals surface area contributed by atoms with Crippen molar-refractivity contribution in [3.63, 3.8) is 0 Å². The SMILES string of the molecule is Nc1cccc2c1N(C(=O)C1CCSC1)CC2. The van der Waals surface area contributed by atoms with Gasteiger partial charge >= 0.3 is 0 Å². The molecular formula is C13H16N2OS. The number of benzene rings is 1. The molecule has 1 aromatic carbocycles. The fraction of sp³-hybridized carbons (Fsp3) is 0.462. The summed E-state index contributed by atoms with van der Waals surface area (Å²) in [7, 11) is 0. The first-order chi connectivity index (χ1) is 8.27. The van der Waals surface area contributed by atoms with Crippen molar-refractivity contribution in [3.05, 3.63) is 23.8 Å². The predicted octanol–water partition coefficient (Wildman–Crippen LogP) is 1.91. The first-order valence-electron chi connectivity index (χ1n) is 6.04. The van der Waals surface area contributed by atoms with Gasteiger partial charge in [0.15, 0.2) is 0 Å². The van der Waals surface area contributed by atoms with Crippen LogP contribution < -0.4 is 10.6 Å². The van der Waals surface area contributed by atoms with Gasteiger partial charge in [-0.05, 0) is 30.2 Å². The molecule has 1 atom stereocenters. The Morgan fingerprint density at radius 2 is 2.35 bits per heavy atom. The molecule has 0 bridgehead atoms. The fourth-order valence-electron chi connectivity index (χ4n) is 2.66. The Labute approximate surface area is 105 Å². The molecule has 1 aromatic rings. The molecule has 0 aromatic heterocycles. The maximum Gasteiger partial charge on any atom is 0.231 e. The second kappa shape index (κ2) is 4.26. The Hall–Kier alpha value is -1.16. The normalized spacial score (nSPS) is 22.8. The van der Waals surface area contributed by atoms with E-state index < -0.39 is 0 Å². The summed E-state index contributed by atoms with van der Waals surface area (Å²) >= 11 is 1.88. The van der Waals surface area contributed by atoms with Crippen LogP contribution in [0, 0.1) is 5.92 Å². The standard InChI is InChI=1S/C13H16N2OS/c14-11-3-1-2-9-4-6-15(12(9)11)13(16)10-5-7-17-8-10/h1-3,10H,4-8,14H2. The molecule has 2 heterocycles. The van der Waals surface area contributed by atoms with E-state index in [0.29, 0.717) is 0 Å². The van der Waals surface area contributed by atoms with Gasteiger partial charge in [-0.15, -0.1) is 0 Å². The average molecular weight is 248 g/mol. The molecule has 0 aliphatic carbocycles. The molecule has 2 N–H and O–H groups in total. The summed E-state index contributed by atoms with van der Waals surface area (Å²) in [6.45, 7) is 0.795. The minimum Gasteiger partial charge on any atom is -0.397 e. The first-order valence-corrected chi connectivity index (χ1v) is 7.19. The molecule has 90 valence electrons. The first kappa shape index (κ1) is 11.0. The fourth-order valence-corrected chi connectivity index (χ4v) is 3.87. The largest absolute Gasteiger partial charge is 0.397 e. The lowest BCUT2D eigenvalue weighted by Crippen LogP contribution is -2.35. The van der Waals surface area contributed by atoms with Crippen molar-refractivity contribution in [2.75, 3.05) is 28.7 Å². The Morgan fingerprint density at radius 3 is 3.12 bits per heavy atom. The van der Waals surface area contributed by atoms with Gasteiger partial charge in [0.1, 0.15) is 0 Å². The van der Waals surface area contributed by atoms with E-state index in [-0.39, 0.29) is 11.8 Å². The molecule has 3 nitrogen and oxygen atoms in total. The number of thioether (sulfide) groups is 1. The van der Waals surface area contributed by atoms with E-state index in [9.17, 15) is 4.79 Å². The highest BCUT2D eigenvalue weighted by molar-refractivity contribution is 7.99. The van der Waals surface area contributed by atoms with Crippen LogP contribution in [-0.2, 0) is 11.2 Å². The number of carbonyl (C=O) groups excluding carboxylic acids is 1. The lowest BCUT2D eigenvalue weighted by Gasteiger charge is -2.22. The van der Waals surface area contributed by atoms with Crippen LogP contribution in [0.1, 0.15) is 12.0 Å². The number of rotatable bonds is 1. The Bertz CT molecular complexity index is 455. The van der Waals surface area contributed by atoms with Crippen LogP contribution in [0.15, 0.2) is 18.2 Å². The van der Waals surface area contributed by atoms with Crippen LogP contribution in [0.3, 0.4) is 0 Å². The maximum absolute atomic E-state index is 12.4. The van der Waals surface area contributed by atoms with Gasteiger partial charge in [0.05, 0.1) is 11.4 Å². The Morgan fingerprint density at radius 1 is 1.47 bits per heavy atom. The van der Waals surface area contributed by atoms with Crippen molar-refractivity contribution < 1.29 is 4.79 Å². The van der Waals surface area contributed by atoms with E-state index in [1.165, 1.54) is 5.56 Å². The van der Waals surface area contributed by atoms with Crippen molar-refractivity contribution in [3.8, 4) is 0 Å². The molecule has 2 aliphatic heterocycles. The summed E-state index contributed by atoms with van der Waals surface area (Å²) in [6, 6.07) is 5.92. The summed E-state index contributed by atoms with van der Waals surface area (Å²) in [5, 5.41) is 0. The second-order valence-electron chi connectivity index (χ2n) is 4.66. The summed E-state index contributed by atoms with van der Waals surface area (Å²) < 4.78 is 0. The van der Waals surface area contributed by atoms with Crippen molar-refractivity contribution in [1.82, 2.24) is 0 Å². The molecule has 1 amide bonds.